The normalized spacial score (nSPS) is 26.9. The van der Waals surface area contributed by atoms with E-state index in [2.05, 4.69) is 40.8 Å². The van der Waals surface area contributed by atoms with Gasteiger partial charge in [0.05, 0.1) is 39.6 Å². The van der Waals surface area contributed by atoms with E-state index in [1.807, 2.05) is 121 Å². The number of rotatable bonds is 21. The number of hydrogen-bond acceptors (Lipinski definition) is 12. The zero-order valence-electron chi connectivity index (χ0n) is 39.5. The summed E-state index contributed by atoms with van der Waals surface area (Å²) in [6.45, 7) is 15.7. The van der Waals surface area contributed by atoms with Crippen LogP contribution in [0.5, 0.6) is 0 Å². The van der Waals surface area contributed by atoms with Crippen LogP contribution in [0.4, 0.5) is 4.79 Å². The van der Waals surface area contributed by atoms with Crippen molar-refractivity contribution in [3.63, 3.8) is 0 Å². The van der Waals surface area contributed by atoms with Crippen LogP contribution in [-0.4, -0.2) is 107 Å². The lowest BCUT2D eigenvalue weighted by Gasteiger charge is -2.49. The largest absolute Gasteiger partial charge is 0.440 e. The highest BCUT2D eigenvalue weighted by Gasteiger charge is 2.61. The first-order chi connectivity index (χ1) is 31.8. The molecule has 0 aromatic heterocycles. The zero-order valence-corrected chi connectivity index (χ0v) is 40.5. The molecule has 4 aromatic carbocycles. The van der Waals surface area contributed by atoms with Crippen LogP contribution in [0.15, 0.2) is 121 Å². The van der Waals surface area contributed by atoms with Gasteiger partial charge in [0.2, 0.25) is 5.91 Å². The molecule has 3 aliphatic rings. The summed E-state index contributed by atoms with van der Waals surface area (Å²) in [5, 5.41) is -0.125. The minimum Gasteiger partial charge on any atom is -0.440 e. The molecule has 66 heavy (non-hydrogen) atoms. The van der Waals surface area contributed by atoms with Crippen LogP contribution in [-0.2, 0) is 78.3 Å². The molecule has 3 heterocycles. The quantitative estimate of drug-likeness (QED) is 0.0741. The molecule has 0 aliphatic carbocycles. The monoisotopic (exact) mass is 925 g/mol. The van der Waals surface area contributed by atoms with Crippen molar-refractivity contribution in [3.05, 3.63) is 144 Å². The fourth-order valence-corrected chi connectivity index (χ4v) is 11.0. The third-order valence-electron chi connectivity index (χ3n) is 13.7. The molecule has 0 unspecified atom stereocenters. The average molecular weight is 926 g/mol. The van der Waals surface area contributed by atoms with Gasteiger partial charge in [-0.2, -0.15) is 0 Å². The van der Waals surface area contributed by atoms with Crippen LogP contribution in [0.1, 0.15) is 56.9 Å². The summed E-state index contributed by atoms with van der Waals surface area (Å²) in [5.41, 5.74) is 3.83. The highest BCUT2D eigenvalue weighted by Crippen LogP contribution is 2.45. The molecule has 14 heteroatoms. The van der Waals surface area contributed by atoms with E-state index in [4.69, 9.17) is 47.1 Å². The predicted molar refractivity (Wildman–Crippen MR) is 249 cm³/mol. The Labute approximate surface area is 391 Å². The number of nitrogens with zero attached hydrogens (tertiary/aromatic N) is 1. The van der Waals surface area contributed by atoms with E-state index in [1.54, 1.807) is 0 Å². The molecule has 0 spiro atoms. The molecule has 0 radical (unpaired) electrons. The first-order valence-electron chi connectivity index (χ1n) is 23.0. The Morgan fingerprint density at radius 1 is 0.652 bits per heavy atom. The minimum absolute atomic E-state index is 0.0867. The Morgan fingerprint density at radius 3 is 1.59 bits per heavy atom. The molecule has 13 nitrogen and oxygen atoms in total. The summed E-state index contributed by atoms with van der Waals surface area (Å²) in [4.78, 5) is 27.7. The summed E-state index contributed by atoms with van der Waals surface area (Å²) in [7, 11) is -0.970. The number of carbonyl (C=O) groups excluding carboxylic acids is 2. The molecule has 3 aliphatic heterocycles. The van der Waals surface area contributed by atoms with Gasteiger partial charge < -0.3 is 47.1 Å². The number of imide groups is 1. The van der Waals surface area contributed by atoms with Gasteiger partial charge in [0.25, 0.3) is 0 Å². The third-order valence-corrected chi connectivity index (χ3v) is 18.2. The summed E-state index contributed by atoms with van der Waals surface area (Å²) in [5.74, 6) is -0.182. The summed E-state index contributed by atoms with van der Waals surface area (Å²) in [6, 6.07) is 38.6. The second-order valence-corrected chi connectivity index (χ2v) is 23.2. The maximum atomic E-state index is 13.6. The van der Waals surface area contributed by atoms with E-state index >= 15 is 0 Å². The van der Waals surface area contributed by atoms with Gasteiger partial charge in [-0.1, -0.05) is 149 Å². The van der Waals surface area contributed by atoms with E-state index in [9.17, 15) is 9.59 Å². The van der Waals surface area contributed by atoms with Crippen molar-refractivity contribution in [2.75, 3.05) is 20.3 Å². The van der Waals surface area contributed by atoms with Crippen LogP contribution >= 0.6 is 0 Å². The SMILES string of the molecule is CO[C@@H]1O[C@H](CO[Si](C)(C)C(C)(C)C(C)C)[C@@H](O[C@H]2O[C@H](COCc3ccccc3)[C@@H](OCc3ccccc3)[C@H](OCc3ccccc3)[C@H]2OCc2ccccc2)[C@@H]2OC(=O)N(C(C)=O)[C@@H]12. The number of fused-ring (bicyclic) bond motifs is 1. The maximum Gasteiger partial charge on any atom is 0.417 e. The topological polar surface area (TPSA) is 130 Å². The fraction of sp³-hybridized carbons (Fsp3) is 0.500. The minimum atomic E-state index is -2.45. The first kappa shape index (κ1) is 49.6. The Hall–Kier alpha value is -4.32. The Kier molecular flexibility index (Phi) is 17.0. The van der Waals surface area contributed by atoms with Gasteiger partial charge >= 0.3 is 6.09 Å². The molecule has 0 saturated carbocycles. The number of carbonyl (C=O) groups is 2. The van der Waals surface area contributed by atoms with E-state index in [0.717, 1.165) is 27.2 Å². The van der Waals surface area contributed by atoms with Crippen LogP contribution in [0.25, 0.3) is 0 Å². The number of hydrogen-bond donors (Lipinski definition) is 0. The Bertz CT molecular complexity index is 2110. The zero-order chi connectivity index (χ0) is 46.8. The summed E-state index contributed by atoms with van der Waals surface area (Å²) < 4.78 is 67.1. The standard InChI is InChI=1S/C52H67NO12Si/c1-35(2)52(4,5)66(7,8)61-34-42-45(46-43(49(56-6)62-42)53(36(3)54)51(55)65-46)64-50-48(60-32-40-27-19-12-20-28-40)47(59-31-39-25-17-11-18-26-39)44(58-30-38-23-15-10-16-24-38)41(63-50)33-57-29-37-21-13-9-14-22-37/h9-28,35,41-50H,29-34H2,1-8H3/t41-,42-,43-,44-,45-,46-,47+,48-,49-,50-/m1/s1. The molecule has 356 valence electrons. The molecule has 0 N–H and O–H groups in total. The van der Waals surface area contributed by atoms with Crippen LogP contribution in [0.2, 0.25) is 18.1 Å². The molecule has 4 aromatic rings. The number of ether oxygens (including phenoxy) is 9. The lowest BCUT2D eigenvalue weighted by molar-refractivity contribution is -0.359. The molecule has 3 saturated heterocycles. The van der Waals surface area contributed by atoms with Crippen LogP contribution in [0.3, 0.4) is 0 Å². The van der Waals surface area contributed by atoms with E-state index in [-0.39, 0.29) is 38.1 Å². The van der Waals surface area contributed by atoms with Gasteiger partial charge in [0.15, 0.2) is 27.0 Å². The Morgan fingerprint density at radius 2 is 1.11 bits per heavy atom. The van der Waals surface area contributed by atoms with Crippen molar-refractivity contribution in [2.24, 2.45) is 5.92 Å². The van der Waals surface area contributed by atoms with Gasteiger partial charge in [-0.25, -0.2) is 9.69 Å². The van der Waals surface area contributed by atoms with Crippen molar-refractivity contribution in [3.8, 4) is 0 Å². The summed E-state index contributed by atoms with van der Waals surface area (Å²) >= 11 is 0. The van der Waals surface area contributed by atoms with Crippen LogP contribution < -0.4 is 0 Å². The second-order valence-electron chi connectivity index (χ2n) is 18.6. The number of benzene rings is 4. The van der Waals surface area contributed by atoms with E-state index in [1.165, 1.54) is 14.0 Å². The van der Waals surface area contributed by atoms with Gasteiger partial charge in [-0.15, -0.1) is 0 Å². The second kappa shape index (κ2) is 22.6. The Balaban J connectivity index is 1.29. The maximum absolute atomic E-state index is 13.6. The van der Waals surface area contributed by atoms with Gasteiger partial charge in [-0.3, -0.25) is 4.79 Å². The van der Waals surface area contributed by atoms with E-state index < -0.39 is 81.7 Å². The van der Waals surface area contributed by atoms with Crippen molar-refractivity contribution in [1.29, 1.82) is 0 Å². The third kappa shape index (κ3) is 11.9. The molecule has 10 atom stereocenters. The highest BCUT2D eigenvalue weighted by molar-refractivity contribution is 6.74. The van der Waals surface area contributed by atoms with E-state index in [0.29, 0.717) is 12.5 Å². The molecular weight excluding hydrogens is 859 g/mol. The van der Waals surface area contributed by atoms with Crippen molar-refractivity contribution in [1.82, 2.24) is 4.90 Å². The average Bonchev–Trinajstić information content (AvgIpc) is 3.68. The van der Waals surface area contributed by atoms with Gasteiger partial charge in [0, 0.05) is 14.0 Å². The van der Waals surface area contributed by atoms with Gasteiger partial charge in [0.1, 0.15) is 42.7 Å². The number of amides is 2. The van der Waals surface area contributed by atoms with Gasteiger partial charge in [-0.05, 0) is 46.3 Å². The summed E-state index contributed by atoms with van der Waals surface area (Å²) in [6.07, 6.45) is -9.11. The lowest BCUT2D eigenvalue weighted by Crippen LogP contribution is -2.66. The van der Waals surface area contributed by atoms with Crippen molar-refractivity contribution < 1.29 is 56.6 Å². The molecule has 2 amide bonds. The van der Waals surface area contributed by atoms with Crippen LogP contribution in [0, 0.1) is 5.92 Å². The molecular formula is C52H67NO12Si. The smallest absolute Gasteiger partial charge is 0.417 e. The molecule has 0 bridgehead atoms. The molecule has 7 rings (SSSR count). The fourth-order valence-electron chi connectivity index (χ4n) is 8.61. The highest BCUT2D eigenvalue weighted by atomic mass is 28.4. The first-order valence-corrected chi connectivity index (χ1v) is 25.9. The lowest BCUT2D eigenvalue weighted by atomic mass is 9.95. The predicted octanol–water partition coefficient (Wildman–Crippen LogP) is 8.83. The number of methoxy groups -OCH3 is 1. The molecule has 3 fully saturated rings. The van der Waals surface area contributed by atoms with Crippen molar-refractivity contribution in [2.45, 2.75) is 141 Å². The van der Waals surface area contributed by atoms with Crippen molar-refractivity contribution >= 4 is 20.3 Å².